The molecule has 1 saturated heterocycles. The molecule has 1 aliphatic heterocycles. The van der Waals surface area contributed by atoms with E-state index in [4.69, 9.17) is 4.98 Å². The Bertz CT molecular complexity index is 553. The summed E-state index contributed by atoms with van der Waals surface area (Å²) < 4.78 is 0. The Hall–Kier alpha value is -1.39. The SMILES string of the molecule is CC1CCN(c2nc(-c3ccccc3)c(CO)s2)C1. The van der Waals surface area contributed by atoms with Gasteiger partial charge in [0, 0.05) is 18.7 Å². The van der Waals surface area contributed by atoms with Gasteiger partial charge in [0.05, 0.1) is 17.2 Å². The number of rotatable bonds is 3. The van der Waals surface area contributed by atoms with Crippen LogP contribution in [0.15, 0.2) is 30.3 Å². The van der Waals surface area contributed by atoms with Crippen LogP contribution < -0.4 is 4.90 Å². The second-order valence-electron chi connectivity index (χ2n) is 5.13. The number of anilines is 1. The van der Waals surface area contributed by atoms with Crippen LogP contribution in [-0.2, 0) is 6.61 Å². The molecule has 19 heavy (non-hydrogen) atoms. The summed E-state index contributed by atoms with van der Waals surface area (Å²) >= 11 is 1.62. The fraction of sp³-hybridized carbons (Fsp3) is 0.400. The molecule has 0 bridgehead atoms. The zero-order valence-corrected chi connectivity index (χ0v) is 11.9. The maximum absolute atomic E-state index is 9.54. The maximum Gasteiger partial charge on any atom is 0.186 e. The van der Waals surface area contributed by atoms with Gasteiger partial charge >= 0.3 is 0 Å². The van der Waals surface area contributed by atoms with Crippen molar-refractivity contribution in [3.63, 3.8) is 0 Å². The average molecular weight is 274 g/mol. The quantitative estimate of drug-likeness (QED) is 0.934. The van der Waals surface area contributed by atoms with Crippen molar-refractivity contribution in [1.82, 2.24) is 4.98 Å². The Balaban J connectivity index is 1.95. The van der Waals surface area contributed by atoms with E-state index in [0.717, 1.165) is 40.3 Å². The third kappa shape index (κ3) is 2.51. The Kier molecular flexibility index (Phi) is 3.53. The van der Waals surface area contributed by atoms with E-state index in [1.807, 2.05) is 30.3 Å². The van der Waals surface area contributed by atoms with Gasteiger partial charge in [-0.3, -0.25) is 0 Å². The molecule has 0 aliphatic carbocycles. The molecule has 3 nitrogen and oxygen atoms in total. The topological polar surface area (TPSA) is 36.4 Å². The second-order valence-corrected chi connectivity index (χ2v) is 6.19. The Labute approximate surface area is 117 Å². The molecule has 0 saturated carbocycles. The summed E-state index contributed by atoms with van der Waals surface area (Å²) in [5, 5.41) is 10.6. The van der Waals surface area contributed by atoms with E-state index in [1.54, 1.807) is 11.3 Å². The smallest absolute Gasteiger partial charge is 0.186 e. The maximum atomic E-state index is 9.54. The number of aromatic nitrogens is 1. The first-order valence-corrected chi connectivity index (χ1v) is 7.50. The van der Waals surface area contributed by atoms with Crippen LogP contribution in [0.1, 0.15) is 18.2 Å². The monoisotopic (exact) mass is 274 g/mol. The minimum absolute atomic E-state index is 0.0608. The number of thiazole rings is 1. The van der Waals surface area contributed by atoms with E-state index < -0.39 is 0 Å². The van der Waals surface area contributed by atoms with Gasteiger partial charge in [0.2, 0.25) is 0 Å². The van der Waals surface area contributed by atoms with Gasteiger partial charge in [0.1, 0.15) is 0 Å². The van der Waals surface area contributed by atoms with Crippen LogP contribution in [0.25, 0.3) is 11.3 Å². The van der Waals surface area contributed by atoms with E-state index in [-0.39, 0.29) is 6.61 Å². The molecule has 0 radical (unpaired) electrons. The molecule has 1 fully saturated rings. The number of hydrogen-bond donors (Lipinski definition) is 1. The zero-order valence-electron chi connectivity index (χ0n) is 11.0. The summed E-state index contributed by atoms with van der Waals surface area (Å²) in [5.41, 5.74) is 2.02. The zero-order chi connectivity index (χ0) is 13.2. The highest BCUT2D eigenvalue weighted by Crippen LogP contribution is 2.35. The molecule has 2 heterocycles. The summed E-state index contributed by atoms with van der Waals surface area (Å²) in [6.45, 7) is 4.49. The highest BCUT2D eigenvalue weighted by atomic mass is 32.1. The number of nitrogens with zero attached hydrogens (tertiary/aromatic N) is 2. The van der Waals surface area contributed by atoms with Crippen molar-refractivity contribution < 1.29 is 5.11 Å². The third-order valence-corrected chi connectivity index (χ3v) is 4.67. The molecule has 3 rings (SSSR count). The summed E-state index contributed by atoms with van der Waals surface area (Å²) in [6.07, 6.45) is 1.23. The third-order valence-electron chi connectivity index (χ3n) is 3.57. The lowest BCUT2D eigenvalue weighted by Gasteiger charge is -2.13. The van der Waals surface area contributed by atoms with Crippen molar-refractivity contribution in [2.45, 2.75) is 20.0 Å². The van der Waals surface area contributed by atoms with Gasteiger partial charge in [0.25, 0.3) is 0 Å². The van der Waals surface area contributed by atoms with E-state index in [2.05, 4.69) is 11.8 Å². The molecule has 1 aromatic heterocycles. The Morgan fingerprint density at radius 1 is 1.37 bits per heavy atom. The van der Waals surface area contributed by atoms with Crippen molar-refractivity contribution in [3.8, 4) is 11.3 Å². The van der Waals surface area contributed by atoms with E-state index >= 15 is 0 Å². The first-order valence-electron chi connectivity index (χ1n) is 6.69. The van der Waals surface area contributed by atoms with Crippen molar-refractivity contribution in [1.29, 1.82) is 0 Å². The van der Waals surface area contributed by atoms with Gasteiger partial charge in [-0.2, -0.15) is 0 Å². The predicted octanol–water partition coefficient (Wildman–Crippen LogP) is 3.15. The van der Waals surface area contributed by atoms with Gasteiger partial charge in [-0.15, -0.1) is 0 Å². The summed E-state index contributed by atoms with van der Waals surface area (Å²) in [7, 11) is 0. The van der Waals surface area contributed by atoms with Crippen molar-refractivity contribution >= 4 is 16.5 Å². The van der Waals surface area contributed by atoms with Crippen LogP contribution in [0.3, 0.4) is 0 Å². The molecule has 1 N–H and O–H groups in total. The van der Waals surface area contributed by atoms with Gasteiger partial charge < -0.3 is 10.0 Å². The van der Waals surface area contributed by atoms with Crippen LogP contribution in [0.4, 0.5) is 5.13 Å². The number of aliphatic hydroxyl groups is 1. The molecule has 1 unspecified atom stereocenters. The van der Waals surface area contributed by atoms with Crippen LogP contribution >= 0.6 is 11.3 Å². The van der Waals surface area contributed by atoms with Crippen LogP contribution in [0.2, 0.25) is 0 Å². The number of hydrogen-bond acceptors (Lipinski definition) is 4. The molecule has 0 spiro atoms. The van der Waals surface area contributed by atoms with Crippen molar-refractivity contribution in [3.05, 3.63) is 35.2 Å². The van der Waals surface area contributed by atoms with Gasteiger partial charge in [-0.25, -0.2) is 4.98 Å². The highest BCUT2D eigenvalue weighted by Gasteiger charge is 2.23. The summed E-state index contributed by atoms with van der Waals surface area (Å²) in [6, 6.07) is 10.1. The minimum Gasteiger partial charge on any atom is -0.391 e. The molecular weight excluding hydrogens is 256 g/mol. The predicted molar refractivity (Wildman–Crippen MR) is 79.5 cm³/mol. The van der Waals surface area contributed by atoms with Crippen LogP contribution in [0.5, 0.6) is 0 Å². The van der Waals surface area contributed by atoms with E-state index in [9.17, 15) is 5.11 Å². The average Bonchev–Trinajstić information content (AvgIpc) is 3.05. The first kappa shape index (κ1) is 12.6. The minimum atomic E-state index is 0.0608. The molecule has 1 atom stereocenters. The van der Waals surface area contributed by atoms with Crippen LogP contribution in [-0.4, -0.2) is 23.2 Å². The van der Waals surface area contributed by atoms with Gasteiger partial charge in [-0.05, 0) is 12.3 Å². The van der Waals surface area contributed by atoms with E-state index in [0.29, 0.717) is 0 Å². The molecule has 100 valence electrons. The molecule has 1 aliphatic rings. The molecule has 1 aromatic carbocycles. The van der Waals surface area contributed by atoms with Crippen LogP contribution in [0, 0.1) is 5.92 Å². The largest absolute Gasteiger partial charge is 0.391 e. The fourth-order valence-electron chi connectivity index (χ4n) is 2.51. The molecule has 0 amide bonds. The lowest BCUT2D eigenvalue weighted by atomic mass is 10.1. The molecule has 4 heteroatoms. The lowest BCUT2D eigenvalue weighted by molar-refractivity contribution is 0.286. The fourth-order valence-corrected chi connectivity index (χ4v) is 3.49. The second kappa shape index (κ2) is 5.31. The number of benzene rings is 1. The molecular formula is C15H18N2OS. The lowest BCUT2D eigenvalue weighted by Crippen LogP contribution is -2.18. The molecule has 2 aromatic rings. The van der Waals surface area contributed by atoms with Crippen molar-refractivity contribution in [2.24, 2.45) is 5.92 Å². The summed E-state index contributed by atoms with van der Waals surface area (Å²) in [4.78, 5) is 8.05. The van der Waals surface area contributed by atoms with Crippen molar-refractivity contribution in [2.75, 3.05) is 18.0 Å². The van der Waals surface area contributed by atoms with Gasteiger partial charge in [-0.1, -0.05) is 48.6 Å². The standard InChI is InChI=1S/C15H18N2OS/c1-11-7-8-17(9-11)15-16-14(13(10-18)19-15)12-5-3-2-4-6-12/h2-6,11,18H,7-10H2,1H3. The Morgan fingerprint density at radius 3 is 2.79 bits per heavy atom. The van der Waals surface area contributed by atoms with Gasteiger partial charge in [0.15, 0.2) is 5.13 Å². The number of aliphatic hydroxyl groups excluding tert-OH is 1. The first-order chi connectivity index (χ1) is 9.28. The Morgan fingerprint density at radius 2 is 2.16 bits per heavy atom. The highest BCUT2D eigenvalue weighted by molar-refractivity contribution is 7.16. The summed E-state index contributed by atoms with van der Waals surface area (Å²) in [5.74, 6) is 0.738. The normalized spacial score (nSPS) is 19.1. The van der Waals surface area contributed by atoms with E-state index in [1.165, 1.54) is 6.42 Å².